The van der Waals surface area contributed by atoms with Crippen molar-refractivity contribution in [3.63, 3.8) is 0 Å². The molecule has 8 nitrogen and oxygen atoms in total. The molecule has 1 aliphatic heterocycles. The lowest BCUT2D eigenvalue weighted by molar-refractivity contribution is -0.142. The predicted molar refractivity (Wildman–Crippen MR) is 110 cm³/mol. The van der Waals surface area contributed by atoms with Crippen LogP contribution >= 0.6 is 0 Å². The first-order valence-corrected chi connectivity index (χ1v) is 9.71. The molecule has 0 aliphatic carbocycles. The molecular weight excluding hydrogens is 377 g/mol. The molecule has 1 fully saturated rings. The van der Waals surface area contributed by atoms with E-state index in [1.165, 1.54) is 19.4 Å². The van der Waals surface area contributed by atoms with Gasteiger partial charge in [0.2, 0.25) is 0 Å². The van der Waals surface area contributed by atoms with Crippen LogP contribution in [0.1, 0.15) is 60.9 Å². The average molecular weight is 409 g/mol. The zero-order chi connectivity index (χ0) is 22.2. The summed E-state index contributed by atoms with van der Waals surface area (Å²) in [6, 6.07) is 0.243. The number of carboxylic acid groups (broad SMARTS) is 1. The summed E-state index contributed by atoms with van der Waals surface area (Å²) >= 11 is 0. The van der Waals surface area contributed by atoms with Gasteiger partial charge in [0.15, 0.2) is 0 Å². The van der Waals surface area contributed by atoms with Crippen molar-refractivity contribution >= 4 is 18.6 Å². The van der Waals surface area contributed by atoms with Gasteiger partial charge in [-0.25, -0.2) is 4.79 Å². The maximum absolute atomic E-state index is 12.8. The fraction of sp³-hybridized carbons (Fsp3) is 0.700. The predicted octanol–water partition coefficient (Wildman–Crippen LogP) is 1.99. The van der Waals surface area contributed by atoms with Crippen molar-refractivity contribution in [1.82, 2.24) is 4.57 Å². The first kappa shape index (κ1) is 23.4. The van der Waals surface area contributed by atoms with Crippen LogP contribution in [0.5, 0.6) is 5.75 Å². The van der Waals surface area contributed by atoms with Crippen LogP contribution in [0.25, 0.3) is 0 Å². The van der Waals surface area contributed by atoms with Gasteiger partial charge in [-0.3, -0.25) is 9.36 Å². The van der Waals surface area contributed by atoms with Gasteiger partial charge < -0.3 is 23.9 Å². The van der Waals surface area contributed by atoms with Crippen LogP contribution in [0.2, 0.25) is 0 Å². The van der Waals surface area contributed by atoms with E-state index in [1.54, 1.807) is 0 Å². The van der Waals surface area contributed by atoms with Gasteiger partial charge >= 0.3 is 13.1 Å². The molecule has 0 bridgehead atoms. The molecule has 1 atom stereocenters. The fourth-order valence-corrected chi connectivity index (χ4v) is 2.97. The zero-order valence-corrected chi connectivity index (χ0v) is 18.6. The van der Waals surface area contributed by atoms with E-state index in [1.807, 2.05) is 48.5 Å². The average Bonchev–Trinajstić information content (AvgIpc) is 2.78. The SMILES string of the molecule is COc1cn(C(CCOC(C)(C)C)C(=O)O)c(=O)cc1B1OC(C)(C)C(C)(C)O1. The summed E-state index contributed by atoms with van der Waals surface area (Å²) in [5.41, 5.74) is -1.59. The first-order valence-electron chi connectivity index (χ1n) is 9.71. The second-order valence-corrected chi connectivity index (χ2v) is 9.23. The molecule has 162 valence electrons. The van der Waals surface area contributed by atoms with E-state index < -0.39 is 41.5 Å². The maximum Gasteiger partial charge on any atom is 0.498 e. The fourth-order valence-electron chi connectivity index (χ4n) is 2.97. The normalized spacial score (nSPS) is 19.2. The van der Waals surface area contributed by atoms with Gasteiger partial charge in [-0.1, -0.05) is 0 Å². The minimum absolute atomic E-state index is 0.144. The minimum atomic E-state index is -1.12. The van der Waals surface area contributed by atoms with Gasteiger partial charge in [-0.05, 0) is 48.5 Å². The van der Waals surface area contributed by atoms with Crippen LogP contribution in [-0.4, -0.2) is 53.3 Å². The van der Waals surface area contributed by atoms with E-state index in [0.29, 0.717) is 11.2 Å². The zero-order valence-electron chi connectivity index (χ0n) is 18.6. The lowest BCUT2D eigenvalue weighted by atomic mass is 9.79. The molecule has 0 aromatic carbocycles. The van der Waals surface area contributed by atoms with Gasteiger partial charge in [0.05, 0.1) is 23.9 Å². The lowest BCUT2D eigenvalue weighted by Gasteiger charge is -2.32. The smallest absolute Gasteiger partial charge is 0.496 e. The summed E-state index contributed by atoms with van der Waals surface area (Å²) in [7, 11) is 0.669. The first-order chi connectivity index (χ1) is 13.2. The molecule has 1 unspecified atom stereocenters. The molecular formula is C20H32BNO7. The standard InChI is InChI=1S/C20H32BNO7/c1-18(2,3)27-10-9-14(17(24)25)22-12-15(26-8)13(11-16(22)23)21-28-19(4,5)20(6,7)29-21/h11-12,14H,9-10H2,1-8H3,(H,24,25). The number of hydrogen-bond donors (Lipinski definition) is 1. The van der Waals surface area contributed by atoms with Gasteiger partial charge in [-0.15, -0.1) is 0 Å². The summed E-state index contributed by atoms with van der Waals surface area (Å²) < 4.78 is 24.2. The van der Waals surface area contributed by atoms with E-state index >= 15 is 0 Å². The monoisotopic (exact) mass is 409 g/mol. The maximum atomic E-state index is 12.8. The van der Waals surface area contributed by atoms with Gasteiger partial charge in [0.1, 0.15) is 11.8 Å². The lowest BCUT2D eigenvalue weighted by Crippen LogP contribution is -2.41. The number of methoxy groups -OCH3 is 1. The number of nitrogens with zero attached hydrogens (tertiary/aromatic N) is 1. The van der Waals surface area contributed by atoms with E-state index in [0.717, 1.165) is 4.57 Å². The van der Waals surface area contributed by atoms with Crippen molar-refractivity contribution in [2.45, 2.75) is 77.7 Å². The van der Waals surface area contributed by atoms with E-state index in [4.69, 9.17) is 18.8 Å². The largest absolute Gasteiger partial charge is 0.498 e. The van der Waals surface area contributed by atoms with Crippen LogP contribution in [0.3, 0.4) is 0 Å². The molecule has 0 spiro atoms. The number of hydrogen-bond acceptors (Lipinski definition) is 6. The molecule has 1 N–H and O–H groups in total. The Hall–Kier alpha value is -1.84. The van der Waals surface area contributed by atoms with E-state index in [9.17, 15) is 14.7 Å². The number of aromatic nitrogens is 1. The number of carbonyl (C=O) groups is 1. The molecule has 1 aromatic heterocycles. The van der Waals surface area contributed by atoms with Crippen molar-refractivity contribution < 1.29 is 28.7 Å². The quantitative estimate of drug-likeness (QED) is 0.688. The van der Waals surface area contributed by atoms with Crippen molar-refractivity contribution in [3.8, 4) is 5.75 Å². The summed E-state index contributed by atoms with van der Waals surface area (Å²) in [4.78, 5) is 24.6. The second-order valence-electron chi connectivity index (χ2n) is 9.23. The molecule has 2 rings (SSSR count). The van der Waals surface area contributed by atoms with Crippen LogP contribution in [0.15, 0.2) is 17.1 Å². The minimum Gasteiger partial charge on any atom is -0.496 e. The Morgan fingerprint density at radius 2 is 1.79 bits per heavy atom. The molecule has 9 heteroatoms. The summed E-state index contributed by atoms with van der Waals surface area (Å²) in [5.74, 6) is -0.791. The highest BCUT2D eigenvalue weighted by atomic mass is 16.7. The molecule has 2 heterocycles. The molecule has 1 saturated heterocycles. The van der Waals surface area contributed by atoms with E-state index in [-0.39, 0.29) is 13.0 Å². The molecule has 0 radical (unpaired) electrons. The number of aliphatic carboxylic acids is 1. The Kier molecular flexibility index (Phi) is 6.57. The van der Waals surface area contributed by atoms with Crippen molar-refractivity contribution in [2.75, 3.05) is 13.7 Å². The summed E-state index contributed by atoms with van der Waals surface area (Å²) in [6.07, 6.45) is 1.55. The van der Waals surface area contributed by atoms with Crippen molar-refractivity contribution in [1.29, 1.82) is 0 Å². The Balaban J connectivity index is 2.36. The topological polar surface area (TPSA) is 96.2 Å². The number of rotatable bonds is 7. The highest BCUT2D eigenvalue weighted by Crippen LogP contribution is 2.37. The van der Waals surface area contributed by atoms with Crippen LogP contribution < -0.4 is 15.8 Å². The third kappa shape index (κ3) is 5.21. The Bertz CT molecular complexity index is 794. The summed E-state index contributed by atoms with van der Waals surface area (Å²) in [5, 5.41) is 9.66. The number of carboxylic acids is 1. The third-order valence-corrected chi connectivity index (χ3v) is 5.35. The number of pyridine rings is 1. The second kappa shape index (κ2) is 8.12. The highest BCUT2D eigenvalue weighted by molar-refractivity contribution is 6.63. The molecule has 1 aliphatic rings. The molecule has 0 amide bonds. The summed E-state index contributed by atoms with van der Waals surface area (Å²) in [6.45, 7) is 13.5. The van der Waals surface area contributed by atoms with Crippen LogP contribution in [-0.2, 0) is 18.8 Å². The Morgan fingerprint density at radius 3 is 2.24 bits per heavy atom. The van der Waals surface area contributed by atoms with E-state index in [2.05, 4.69) is 0 Å². The van der Waals surface area contributed by atoms with Gasteiger partial charge in [-0.2, -0.15) is 0 Å². The van der Waals surface area contributed by atoms with Crippen molar-refractivity contribution in [2.24, 2.45) is 0 Å². The molecule has 1 aromatic rings. The highest BCUT2D eigenvalue weighted by Gasteiger charge is 2.52. The van der Waals surface area contributed by atoms with Crippen molar-refractivity contribution in [3.05, 3.63) is 22.6 Å². The number of ether oxygens (including phenoxy) is 2. The molecule has 29 heavy (non-hydrogen) atoms. The van der Waals surface area contributed by atoms with Gasteiger partial charge in [0, 0.05) is 30.8 Å². The Labute approximate surface area is 172 Å². The Morgan fingerprint density at radius 1 is 1.24 bits per heavy atom. The van der Waals surface area contributed by atoms with Gasteiger partial charge in [0.25, 0.3) is 5.56 Å². The third-order valence-electron chi connectivity index (χ3n) is 5.35. The van der Waals surface area contributed by atoms with Crippen LogP contribution in [0.4, 0.5) is 0 Å². The van der Waals surface area contributed by atoms with Crippen LogP contribution in [0, 0.1) is 0 Å². The molecule has 0 saturated carbocycles.